The van der Waals surface area contributed by atoms with E-state index in [4.69, 9.17) is 21.8 Å². The summed E-state index contributed by atoms with van der Waals surface area (Å²) in [5.41, 5.74) is 13.1. The van der Waals surface area contributed by atoms with E-state index in [1.54, 1.807) is 6.20 Å². The second kappa shape index (κ2) is 22.8. The average Bonchev–Trinajstić information content (AvgIpc) is 4.41. The van der Waals surface area contributed by atoms with Crippen LogP contribution in [0.4, 0.5) is 0 Å². The van der Waals surface area contributed by atoms with Crippen molar-refractivity contribution in [2.24, 2.45) is 0 Å². The molecule has 0 N–H and O–H groups in total. The minimum Gasteiger partial charge on any atom is -0.338 e. The van der Waals surface area contributed by atoms with Gasteiger partial charge in [0.1, 0.15) is 0 Å². The third-order valence-electron chi connectivity index (χ3n) is 17.4. The smallest absolute Gasteiger partial charge is 0.257 e. The van der Waals surface area contributed by atoms with E-state index in [-0.39, 0.29) is 29.6 Å². The quantitative estimate of drug-likeness (QED) is 0.113. The number of likely N-dealkylation sites (tertiary alicyclic amines) is 4. The lowest BCUT2D eigenvalue weighted by Gasteiger charge is -2.36. The maximum Gasteiger partial charge on any atom is 0.257 e. The fourth-order valence-electron chi connectivity index (χ4n) is 12.9. The van der Waals surface area contributed by atoms with Crippen molar-refractivity contribution in [3.8, 4) is 28.6 Å². The Morgan fingerprint density at radius 2 is 1.09 bits per heavy atom. The summed E-state index contributed by atoms with van der Waals surface area (Å²) in [7, 11) is 0. The minimum absolute atomic E-state index is 0.0438. The van der Waals surface area contributed by atoms with E-state index in [0.29, 0.717) is 53.3 Å². The predicted octanol–water partition coefficient (Wildman–Crippen LogP) is 12.8. The molecule has 2 amide bonds. The molecule has 4 aliphatic heterocycles. The molecule has 8 aromatic rings. The fourth-order valence-corrected chi connectivity index (χ4v) is 13.0. The molecule has 78 heavy (non-hydrogen) atoms. The predicted molar refractivity (Wildman–Crippen MR) is 307 cm³/mol. The van der Waals surface area contributed by atoms with Crippen LogP contribution in [0.2, 0.25) is 5.02 Å². The summed E-state index contributed by atoms with van der Waals surface area (Å²) in [5.74, 6) is 0.906. The van der Waals surface area contributed by atoms with Crippen molar-refractivity contribution in [2.75, 3.05) is 52.4 Å². The van der Waals surface area contributed by atoms with Gasteiger partial charge in [0.25, 0.3) is 11.8 Å². The van der Waals surface area contributed by atoms with Crippen molar-refractivity contribution in [1.29, 1.82) is 5.26 Å². The molecule has 3 atom stereocenters. The van der Waals surface area contributed by atoms with Gasteiger partial charge >= 0.3 is 0 Å². The number of amides is 2. The molecule has 3 unspecified atom stereocenters. The van der Waals surface area contributed by atoms with Gasteiger partial charge in [-0.05, 0) is 154 Å². The molecule has 12 rings (SSSR count). The first-order valence-electron chi connectivity index (χ1n) is 28.0. The Morgan fingerprint density at radius 3 is 1.71 bits per heavy atom. The lowest BCUT2D eigenvalue weighted by atomic mass is 9.89. The molecule has 0 spiro atoms. The largest absolute Gasteiger partial charge is 0.338 e. The van der Waals surface area contributed by atoms with E-state index in [1.807, 2.05) is 67.8 Å². The van der Waals surface area contributed by atoms with Gasteiger partial charge in [-0.15, -0.1) is 0 Å². The molecule has 0 radical (unpaired) electrons. The van der Waals surface area contributed by atoms with E-state index >= 15 is 0 Å². The van der Waals surface area contributed by atoms with Gasteiger partial charge in [0.2, 0.25) is 0 Å². The molecule has 4 fully saturated rings. The van der Waals surface area contributed by atoms with Crippen LogP contribution >= 0.6 is 11.6 Å². The summed E-state index contributed by atoms with van der Waals surface area (Å²) in [6.07, 6.45) is 9.10. The summed E-state index contributed by atoms with van der Waals surface area (Å²) < 4.78 is 4.03. The summed E-state index contributed by atoms with van der Waals surface area (Å²) in [6, 6.07) is 56.9. The molecule has 6 heterocycles. The number of rotatable bonds is 13. The molecular formula is C66H66ClN9O2. The number of aromatic nitrogens is 4. The normalized spacial score (nSPS) is 19.0. The van der Waals surface area contributed by atoms with E-state index in [9.17, 15) is 14.9 Å². The van der Waals surface area contributed by atoms with Crippen LogP contribution in [0.25, 0.3) is 22.5 Å². The van der Waals surface area contributed by atoms with E-state index in [0.717, 1.165) is 112 Å². The van der Waals surface area contributed by atoms with Gasteiger partial charge in [-0.1, -0.05) is 121 Å². The first-order valence-corrected chi connectivity index (χ1v) is 28.4. The van der Waals surface area contributed by atoms with Gasteiger partial charge in [-0.25, -0.2) is 9.36 Å². The number of carbonyl (C=O) groups is 2. The van der Waals surface area contributed by atoms with Crippen LogP contribution in [-0.4, -0.2) is 103 Å². The minimum atomic E-state index is 0.0438. The van der Waals surface area contributed by atoms with Gasteiger partial charge in [0.05, 0.1) is 57.9 Å². The highest BCUT2D eigenvalue weighted by Crippen LogP contribution is 2.39. The third-order valence-corrected chi connectivity index (χ3v) is 17.6. The highest BCUT2D eigenvalue weighted by Gasteiger charge is 2.37. The summed E-state index contributed by atoms with van der Waals surface area (Å²) in [4.78, 5) is 38.7. The Morgan fingerprint density at radius 1 is 0.564 bits per heavy atom. The zero-order valence-corrected chi connectivity index (χ0v) is 45.1. The molecular weight excluding hydrogens is 986 g/mol. The number of halogens is 1. The zero-order chi connectivity index (χ0) is 53.1. The molecule has 0 bridgehead atoms. The van der Waals surface area contributed by atoms with Crippen molar-refractivity contribution in [1.82, 2.24) is 39.2 Å². The molecule has 394 valence electrons. The van der Waals surface area contributed by atoms with Crippen molar-refractivity contribution >= 4 is 23.4 Å². The van der Waals surface area contributed by atoms with Crippen LogP contribution in [0.5, 0.6) is 0 Å². The highest BCUT2D eigenvalue weighted by atomic mass is 35.5. The summed E-state index contributed by atoms with van der Waals surface area (Å²) in [5, 5.41) is 20.0. The number of hydrogen-bond donors (Lipinski definition) is 0. The standard InChI is InChI=1S/C66H66ClN9O2/c1-46(49-10-4-2-5-11-49)72-34-28-52(29-35-72)63-61(41-69-75(63)59-24-22-58(67)23-25-59)65(77)74-37-31-57(45-74)54-15-8-14-53(38-54)55-16-9-17-60(39-55)76-64(51-26-32-71(33-27-51)43-48-20-18-47(40-68)19-21-48)62(42-70-76)66(78)73-36-30-56(44-73)50-12-6-3-7-13-50/h2-25,38-39,41-42,46,51-52,56-57H,26-37,43-45H2,1H3. The summed E-state index contributed by atoms with van der Waals surface area (Å²) in [6.45, 7) is 9.48. The molecule has 6 aromatic carbocycles. The van der Waals surface area contributed by atoms with Crippen molar-refractivity contribution < 1.29 is 9.59 Å². The number of benzene rings is 6. The van der Waals surface area contributed by atoms with Crippen LogP contribution in [-0.2, 0) is 6.54 Å². The van der Waals surface area contributed by atoms with Crippen LogP contribution in [0.3, 0.4) is 0 Å². The Bertz CT molecular complexity index is 3430. The fraction of sp³-hybridized carbons (Fsp3) is 0.318. The molecule has 0 aliphatic carbocycles. The second-order valence-corrected chi connectivity index (χ2v) is 22.4. The van der Waals surface area contributed by atoms with E-state index < -0.39 is 0 Å². The second-order valence-electron chi connectivity index (χ2n) is 22.0. The van der Waals surface area contributed by atoms with Gasteiger partial charge in [-0.2, -0.15) is 15.5 Å². The zero-order valence-electron chi connectivity index (χ0n) is 44.4. The Labute approximate surface area is 463 Å². The van der Waals surface area contributed by atoms with Crippen LogP contribution in [0.15, 0.2) is 170 Å². The topological polar surface area (TPSA) is 107 Å². The van der Waals surface area contributed by atoms with Gasteiger partial charge in [0, 0.05) is 67.5 Å². The maximum absolute atomic E-state index is 14.8. The number of nitriles is 1. The molecule has 4 aliphatic rings. The number of nitrogens with zero attached hydrogens (tertiary/aromatic N) is 9. The lowest BCUT2D eigenvalue weighted by molar-refractivity contribution is 0.0780. The SMILES string of the molecule is CC(c1ccccc1)N1CCC(c2c(C(=O)N3CCC(c4cccc(-c5cccc(-n6ncc(C(=O)N7CCC(c8ccccc8)C7)c6C6CCN(Cc7ccc(C#N)cc7)CC6)c5)c4)C3)cnn2-c2ccc(Cl)cc2)CC1. The lowest BCUT2D eigenvalue weighted by Crippen LogP contribution is -2.36. The number of hydrogen-bond acceptors (Lipinski definition) is 7. The maximum atomic E-state index is 14.8. The van der Waals surface area contributed by atoms with Crippen LogP contribution in [0, 0.1) is 11.3 Å². The van der Waals surface area contributed by atoms with E-state index in [1.165, 1.54) is 22.3 Å². The average molecular weight is 1050 g/mol. The molecule has 2 aromatic heterocycles. The Kier molecular flexibility index (Phi) is 14.9. The van der Waals surface area contributed by atoms with Gasteiger partial charge in [-0.3, -0.25) is 19.4 Å². The number of piperidine rings is 2. The van der Waals surface area contributed by atoms with Crippen LogP contribution < -0.4 is 0 Å². The van der Waals surface area contributed by atoms with Crippen molar-refractivity contribution in [3.05, 3.63) is 225 Å². The van der Waals surface area contributed by atoms with Crippen molar-refractivity contribution in [3.63, 3.8) is 0 Å². The molecule has 12 heteroatoms. The van der Waals surface area contributed by atoms with Crippen molar-refractivity contribution in [2.45, 2.75) is 81.7 Å². The molecule has 0 saturated carbocycles. The van der Waals surface area contributed by atoms with E-state index in [2.05, 4.69) is 138 Å². The van der Waals surface area contributed by atoms with Gasteiger partial charge < -0.3 is 9.80 Å². The third kappa shape index (κ3) is 10.7. The monoisotopic (exact) mass is 1050 g/mol. The molecule has 4 saturated heterocycles. The number of carbonyl (C=O) groups excluding carboxylic acids is 2. The Hall–Kier alpha value is -7.62. The Balaban J connectivity index is 0.775. The van der Waals surface area contributed by atoms with Gasteiger partial charge in [0.15, 0.2) is 0 Å². The summed E-state index contributed by atoms with van der Waals surface area (Å²) >= 11 is 6.36. The van der Waals surface area contributed by atoms with Crippen LogP contribution in [0.1, 0.15) is 135 Å². The molecule has 11 nitrogen and oxygen atoms in total. The highest BCUT2D eigenvalue weighted by molar-refractivity contribution is 6.30. The first-order chi connectivity index (χ1) is 38.2. The first kappa shape index (κ1) is 51.2.